The molecule has 0 aliphatic carbocycles. The zero-order valence-electron chi connectivity index (χ0n) is 17.2. The van der Waals surface area contributed by atoms with Crippen LogP contribution in [0.4, 0.5) is 5.69 Å². The van der Waals surface area contributed by atoms with Gasteiger partial charge in [0.1, 0.15) is 0 Å². The summed E-state index contributed by atoms with van der Waals surface area (Å²) in [5.41, 5.74) is 4.71. The number of sulfonamides is 1. The van der Waals surface area contributed by atoms with Gasteiger partial charge >= 0.3 is 0 Å². The van der Waals surface area contributed by atoms with E-state index in [1.165, 1.54) is 15.4 Å². The van der Waals surface area contributed by atoms with Crippen LogP contribution in [-0.2, 0) is 29.4 Å². The van der Waals surface area contributed by atoms with Gasteiger partial charge in [0.05, 0.1) is 10.6 Å². The highest BCUT2D eigenvalue weighted by Gasteiger charge is 2.30. The van der Waals surface area contributed by atoms with Gasteiger partial charge in [-0.3, -0.25) is 9.10 Å². The number of benzene rings is 3. The summed E-state index contributed by atoms with van der Waals surface area (Å²) >= 11 is 0. The summed E-state index contributed by atoms with van der Waals surface area (Å²) in [6.07, 6.45) is 2.35. The van der Waals surface area contributed by atoms with Crippen molar-refractivity contribution in [2.45, 2.75) is 30.7 Å². The van der Waals surface area contributed by atoms with Crippen LogP contribution in [0.25, 0.3) is 0 Å². The fraction of sp³-hybridized carbons (Fsp3) is 0.240. The van der Waals surface area contributed by atoms with Gasteiger partial charge in [0, 0.05) is 25.2 Å². The predicted octanol–water partition coefficient (Wildman–Crippen LogP) is 4.03. The van der Waals surface area contributed by atoms with Crippen LogP contribution in [0, 0.1) is 0 Å². The molecule has 0 saturated carbocycles. The maximum Gasteiger partial charge on any atom is 0.264 e. The Hall–Kier alpha value is -3.12. The fourth-order valence-electron chi connectivity index (χ4n) is 4.52. The van der Waals surface area contributed by atoms with Crippen LogP contribution in [0.5, 0.6) is 0 Å². The summed E-state index contributed by atoms with van der Waals surface area (Å²) < 4.78 is 27.8. The topological polar surface area (TPSA) is 57.7 Å². The highest BCUT2D eigenvalue weighted by atomic mass is 32.2. The molecule has 1 amide bonds. The molecule has 0 atom stereocenters. The van der Waals surface area contributed by atoms with Crippen molar-refractivity contribution in [1.29, 1.82) is 0 Å². The van der Waals surface area contributed by atoms with E-state index in [4.69, 9.17) is 0 Å². The molecule has 158 valence electrons. The Balaban J connectivity index is 1.43. The third kappa shape index (κ3) is 3.61. The van der Waals surface area contributed by atoms with E-state index in [0.717, 1.165) is 24.8 Å². The monoisotopic (exact) mass is 432 g/mol. The lowest BCUT2D eigenvalue weighted by Crippen LogP contribution is -2.37. The van der Waals surface area contributed by atoms with Crippen LogP contribution < -0.4 is 4.31 Å². The van der Waals surface area contributed by atoms with E-state index in [-0.39, 0.29) is 10.8 Å². The lowest BCUT2D eigenvalue weighted by molar-refractivity contribution is 0.0734. The summed E-state index contributed by atoms with van der Waals surface area (Å²) in [5.74, 6) is 0.000318. The molecule has 2 heterocycles. The molecule has 31 heavy (non-hydrogen) atoms. The van der Waals surface area contributed by atoms with Crippen LogP contribution in [-0.4, -0.2) is 32.3 Å². The number of carbonyl (C=O) groups excluding carboxylic acids is 1. The number of amides is 1. The first-order valence-corrected chi connectivity index (χ1v) is 12.0. The van der Waals surface area contributed by atoms with E-state index in [1.807, 2.05) is 23.1 Å². The molecule has 6 heteroatoms. The first-order valence-electron chi connectivity index (χ1n) is 10.6. The van der Waals surface area contributed by atoms with Gasteiger partial charge in [-0.15, -0.1) is 0 Å². The van der Waals surface area contributed by atoms with E-state index in [1.54, 1.807) is 42.5 Å². The zero-order valence-corrected chi connectivity index (χ0v) is 18.0. The second-order valence-corrected chi connectivity index (χ2v) is 9.94. The highest BCUT2D eigenvalue weighted by Crippen LogP contribution is 2.33. The van der Waals surface area contributed by atoms with Crippen molar-refractivity contribution in [3.63, 3.8) is 0 Å². The number of aryl methyl sites for hydroxylation is 1. The SMILES string of the molecule is O=C(c1ccc2c(c1)CCCN2S(=O)(=O)c1ccccc1)N1CCc2ccccc2C1. The lowest BCUT2D eigenvalue weighted by atomic mass is 9.97. The molecule has 0 N–H and O–H groups in total. The minimum Gasteiger partial charge on any atom is -0.334 e. The van der Waals surface area contributed by atoms with Crippen LogP contribution in [0.3, 0.4) is 0 Å². The number of nitrogens with zero attached hydrogens (tertiary/aromatic N) is 2. The van der Waals surface area contributed by atoms with Gasteiger partial charge in [0.25, 0.3) is 15.9 Å². The maximum absolute atomic E-state index is 13.2. The molecule has 2 aliphatic rings. The quantitative estimate of drug-likeness (QED) is 0.628. The third-order valence-corrected chi connectivity index (χ3v) is 7.98. The number of anilines is 1. The average molecular weight is 433 g/mol. The summed E-state index contributed by atoms with van der Waals surface area (Å²) in [7, 11) is -3.62. The van der Waals surface area contributed by atoms with Crippen molar-refractivity contribution < 1.29 is 13.2 Å². The number of hydrogen-bond acceptors (Lipinski definition) is 3. The lowest BCUT2D eigenvalue weighted by Gasteiger charge is -2.32. The Bertz CT molecular complexity index is 1240. The van der Waals surface area contributed by atoms with Crippen LogP contribution in [0.2, 0.25) is 0 Å². The molecule has 0 fully saturated rings. The van der Waals surface area contributed by atoms with E-state index in [0.29, 0.717) is 30.9 Å². The number of carbonyl (C=O) groups is 1. The molecule has 0 bridgehead atoms. The Morgan fingerprint density at radius 2 is 1.52 bits per heavy atom. The molecule has 0 spiro atoms. The van der Waals surface area contributed by atoms with Crippen molar-refractivity contribution in [3.05, 3.63) is 95.1 Å². The van der Waals surface area contributed by atoms with Gasteiger partial charge < -0.3 is 4.90 Å². The predicted molar refractivity (Wildman–Crippen MR) is 121 cm³/mol. The minimum absolute atomic E-state index is 0.000318. The van der Waals surface area contributed by atoms with Crippen molar-refractivity contribution in [1.82, 2.24) is 4.90 Å². The van der Waals surface area contributed by atoms with Crippen LogP contribution >= 0.6 is 0 Å². The van der Waals surface area contributed by atoms with Crippen molar-refractivity contribution in [2.24, 2.45) is 0 Å². The molecule has 5 rings (SSSR count). The van der Waals surface area contributed by atoms with Crippen LogP contribution in [0.1, 0.15) is 33.5 Å². The van der Waals surface area contributed by atoms with Crippen LogP contribution in [0.15, 0.2) is 77.7 Å². The molecular weight excluding hydrogens is 408 g/mol. The summed E-state index contributed by atoms with van der Waals surface area (Å²) in [4.78, 5) is 15.4. The van der Waals surface area contributed by atoms with E-state index in [9.17, 15) is 13.2 Å². The molecular formula is C25H24N2O3S. The van der Waals surface area contributed by atoms with Crippen molar-refractivity contribution in [2.75, 3.05) is 17.4 Å². The van der Waals surface area contributed by atoms with E-state index in [2.05, 4.69) is 12.1 Å². The average Bonchev–Trinajstić information content (AvgIpc) is 2.83. The standard InChI is InChI=1S/C25H24N2O3S/c28-25(26-16-14-19-7-4-5-8-22(19)18-26)21-12-13-24-20(17-21)9-6-15-27(24)31(29,30)23-10-2-1-3-11-23/h1-5,7-8,10-13,17H,6,9,14-16,18H2. The van der Waals surface area contributed by atoms with E-state index >= 15 is 0 Å². The van der Waals surface area contributed by atoms with Gasteiger partial charge in [-0.1, -0.05) is 42.5 Å². The summed E-state index contributed by atoms with van der Waals surface area (Å²) in [6, 6.07) is 22.2. The van der Waals surface area contributed by atoms with Crippen molar-refractivity contribution >= 4 is 21.6 Å². The Kier molecular flexibility index (Phi) is 5.02. The number of hydrogen-bond donors (Lipinski definition) is 0. The molecule has 0 unspecified atom stereocenters. The van der Waals surface area contributed by atoms with E-state index < -0.39 is 10.0 Å². The first-order chi connectivity index (χ1) is 15.0. The molecule has 5 nitrogen and oxygen atoms in total. The molecule has 2 aliphatic heterocycles. The van der Waals surface area contributed by atoms with Gasteiger partial charge in [0.15, 0.2) is 0 Å². The second-order valence-electron chi connectivity index (χ2n) is 8.08. The zero-order chi connectivity index (χ0) is 21.4. The third-order valence-electron chi connectivity index (χ3n) is 6.15. The summed E-state index contributed by atoms with van der Waals surface area (Å²) in [5, 5.41) is 0. The fourth-order valence-corrected chi connectivity index (χ4v) is 6.08. The minimum atomic E-state index is -3.62. The van der Waals surface area contributed by atoms with Gasteiger partial charge in [0.2, 0.25) is 0 Å². The smallest absolute Gasteiger partial charge is 0.264 e. The van der Waals surface area contributed by atoms with Gasteiger partial charge in [-0.05, 0) is 66.3 Å². The van der Waals surface area contributed by atoms with Gasteiger partial charge in [-0.25, -0.2) is 8.42 Å². The second kappa shape index (κ2) is 7.85. The Morgan fingerprint density at radius 3 is 2.32 bits per heavy atom. The highest BCUT2D eigenvalue weighted by molar-refractivity contribution is 7.92. The number of rotatable bonds is 3. The molecule has 0 radical (unpaired) electrons. The largest absolute Gasteiger partial charge is 0.334 e. The maximum atomic E-state index is 13.2. The Morgan fingerprint density at radius 1 is 0.774 bits per heavy atom. The molecule has 3 aromatic carbocycles. The number of fused-ring (bicyclic) bond motifs is 2. The van der Waals surface area contributed by atoms with Gasteiger partial charge in [-0.2, -0.15) is 0 Å². The molecule has 3 aromatic rings. The molecule has 0 saturated heterocycles. The normalized spacial score (nSPS) is 15.9. The molecule has 0 aromatic heterocycles. The summed E-state index contributed by atoms with van der Waals surface area (Å²) in [6.45, 7) is 1.75. The first kappa shape index (κ1) is 19.8. The van der Waals surface area contributed by atoms with Crippen molar-refractivity contribution in [3.8, 4) is 0 Å². The Labute approximate surface area is 183 Å².